The summed E-state index contributed by atoms with van der Waals surface area (Å²) in [6.45, 7) is 0. The summed E-state index contributed by atoms with van der Waals surface area (Å²) in [5.74, 6) is -0.516. The highest BCUT2D eigenvalue weighted by Crippen LogP contribution is 2.33. The van der Waals surface area contributed by atoms with Gasteiger partial charge in [-0.3, -0.25) is 14.9 Å². The van der Waals surface area contributed by atoms with Crippen molar-refractivity contribution in [3.8, 4) is 0 Å². The Morgan fingerprint density at radius 1 is 1.44 bits per heavy atom. The number of nitrogens with one attached hydrogen (secondary N) is 1. The van der Waals surface area contributed by atoms with Gasteiger partial charge in [0.2, 0.25) is 11.8 Å². The highest BCUT2D eigenvalue weighted by Gasteiger charge is 2.31. The molecule has 1 fully saturated rings. The van der Waals surface area contributed by atoms with Crippen molar-refractivity contribution in [1.29, 1.82) is 0 Å². The topological polar surface area (TPSA) is 72.2 Å². The molecule has 6 heteroatoms. The number of benzene rings is 1. The SMILES string of the molecule is Nc1ccc(Cl)cc1SC1CC(=O)NC1=O. The number of imide groups is 1. The Morgan fingerprint density at radius 2 is 2.19 bits per heavy atom. The van der Waals surface area contributed by atoms with Crippen molar-refractivity contribution in [2.24, 2.45) is 0 Å². The standard InChI is InChI=1S/C10H9ClN2O2S/c11-5-1-2-6(12)7(3-5)16-8-4-9(14)13-10(8)15/h1-3,8H,4,12H2,(H,13,14,15). The fourth-order valence-corrected chi connectivity index (χ4v) is 2.73. The predicted molar refractivity (Wildman–Crippen MR) is 63.3 cm³/mol. The molecular formula is C10H9ClN2O2S. The van der Waals surface area contributed by atoms with Crippen LogP contribution in [0.15, 0.2) is 23.1 Å². The molecular weight excluding hydrogens is 248 g/mol. The molecule has 0 radical (unpaired) electrons. The molecule has 0 bridgehead atoms. The van der Waals surface area contributed by atoms with Crippen molar-refractivity contribution < 1.29 is 9.59 Å². The molecule has 84 valence electrons. The van der Waals surface area contributed by atoms with Crippen LogP contribution in [0.2, 0.25) is 5.02 Å². The van der Waals surface area contributed by atoms with Gasteiger partial charge in [0.1, 0.15) is 0 Å². The van der Waals surface area contributed by atoms with E-state index >= 15 is 0 Å². The quantitative estimate of drug-likeness (QED) is 0.620. The molecule has 4 nitrogen and oxygen atoms in total. The lowest BCUT2D eigenvalue weighted by atomic mass is 10.3. The van der Waals surface area contributed by atoms with Crippen LogP contribution >= 0.6 is 23.4 Å². The van der Waals surface area contributed by atoms with Gasteiger partial charge in [-0.25, -0.2) is 0 Å². The van der Waals surface area contributed by atoms with E-state index in [0.29, 0.717) is 10.7 Å². The summed E-state index contributed by atoms with van der Waals surface area (Å²) >= 11 is 7.09. The zero-order valence-corrected chi connectivity index (χ0v) is 9.77. The number of anilines is 1. The number of rotatable bonds is 2. The second kappa shape index (κ2) is 4.35. The van der Waals surface area contributed by atoms with Crippen LogP contribution in [0.1, 0.15) is 6.42 Å². The number of hydrogen-bond acceptors (Lipinski definition) is 4. The van der Waals surface area contributed by atoms with Crippen LogP contribution in [0.5, 0.6) is 0 Å². The van der Waals surface area contributed by atoms with Gasteiger partial charge in [-0.05, 0) is 18.2 Å². The van der Waals surface area contributed by atoms with E-state index in [1.165, 1.54) is 11.8 Å². The summed E-state index contributed by atoms with van der Waals surface area (Å²) in [6, 6.07) is 5.05. The number of halogens is 1. The average molecular weight is 257 g/mol. The Balaban J connectivity index is 2.18. The molecule has 16 heavy (non-hydrogen) atoms. The molecule has 1 aromatic carbocycles. The van der Waals surface area contributed by atoms with Crippen molar-refractivity contribution in [1.82, 2.24) is 5.32 Å². The summed E-state index contributed by atoms with van der Waals surface area (Å²) in [7, 11) is 0. The molecule has 0 spiro atoms. The minimum Gasteiger partial charge on any atom is -0.398 e. The summed E-state index contributed by atoms with van der Waals surface area (Å²) < 4.78 is 0. The number of thioether (sulfide) groups is 1. The molecule has 0 aliphatic carbocycles. The Hall–Kier alpha value is -1.20. The monoisotopic (exact) mass is 256 g/mol. The first-order chi connectivity index (χ1) is 7.56. The number of carbonyl (C=O) groups excluding carboxylic acids is 2. The summed E-state index contributed by atoms with van der Waals surface area (Å²) in [4.78, 5) is 23.1. The van der Waals surface area contributed by atoms with E-state index < -0.39 is 5.25 Å². The molecule has 1 aromatic rings. The van der Waals surface area contributed by atoms with Crippen LogP contribution in [0.25, 0.3) is 0 Å². The largest absolute Gasteiger partial charge is 0.398 e. The van der Waals surface area contributed by atoms with E-state index in [4.69, 9.17) is 17.3 Å². The Bertz CT molecular complexity index is 464. The third-order valence-corrected chi connectivity index (χ3v) is 3.68. The molecule has 0 aromatic heterocycles. The van der Waals surface area contributed by atoms with Gasteiger partial charge in [0, 0.05) is 22.0 Å². The second-order valence-corrected chi connectivity index (χ2v) is 5.09. The molecule has 1 atom stereocenters. The lowest BCUT2D eigenvalue weighted by Gasteiger charge is -2.08. The first-order valence-corrected chi connectivity index (χ1v) is 5.87. The van der Waals surface area contributed by atoms with Crippen molar-refractivity contribution in [2.45, 2.75) is 16.6 Å². The normalized spacial score (nSPS) is 19.9. The number of carbonyl (C=O) groups is 2. The van der Waals surface area contributed by atoms with Crippen LogP contribution in [0.4, 0.5) is 5.69 Å². The van der Waals surface area contributed by atoms with Gasteiger partial charge >= 0.3 is 0 Å². The molecule has 1 aliphatic heterocycles. The molecule has 2 rings (SSSR count). The average Bonchev–Trinajstić information content (AvgIpc) is 2.51. The van der Waals surface area contributed by atoms with Crippen molar-refractivity contribution in [3.05, 3.63) is 23.2 Å². The molecule has 1 unspecified atom stereocenters. The molecule has 2 amide bonds. The van der Waals surface area contributed by atoms with Gasteiger partial charge in [0.15, 0.2) is 0 Å². The van der Waals surface area contributed by atoms with Gasteiger partial charge in [0.25, 0.3) is 0 Å². The molecule has 1 saturated heterocycles. The predicted octanol–water partition coefficient (Wildman–Crippen LogP) is 1.43. The lowest BCUT2D eigenvalue weighted by Crippen LogP contribution is -2.23. The van der Waals surface area contributed by atoms with Crippen molar-refractivity contribution >= 4 is 40.9 Å². The van der Waals surface area contributed by atoms with Crippen LogP contribution in [0, 0.1) is 0 Å². The first kappa shape index (κ1) is 11.3. The molecule has 1 heterocycles. The molecule has 0 saturated carbocycles. The minimum absolute atomic E-state index is 0.190. The lowest BCUT2D eigenvalue weighted by molar-refractivity contribution is -0.124. The fourth-order valence-electron chi connectivity index (χ4n) is 1.39. The number of nitrogen functional groups attached to an aromatic ring is 1. The third kappa shape index (κ3) is 2.31. The number of hydrogen-bond donors (Lipinski definition) is 2. The van der Waals surface area contributed by atoms with Crippen LogP contribution in [-0.4, -0.2) is 17.1 Å². The highest BCUT2D eigenvalue weighted by molar-refractivity contribution is 8.00. The Morgan fingerprint density at radius 3 is 2.81 bits per heavy atom. The summed E-state index contributed by atoms with van der Waals surface area (Å²) in [5, 5.41) is 2.40. The maximum atomic E-state index is 11.4. The van der Waals surface area contributed by atoms with E-state index in [1.807, 2.05) is 0 Å². The van der Waals surface area contributed by atoms with E-state index in [9.17, 15) is 9.59 Å². The van der Waals surface area contributed by atoms with Gasteiger partial charge in [-0.15, -0.1) is 11.8 Å². The van der Waals surface area contributed by atoms with Gasteiger partial charge in [0.05, 0.1) is 5.25 Å². The van der Waals surface area contributed by atoms with E-state index in [2.05, 4.69) is 5.32 Å². The summed E-state index contributed by atoms with van der Waals surface area (Å²) in [6.07, 6.45) is 0.190. The molecule has 3 N–H and O–H groups in total. The van der Waals surface area contributed by atoms with E-state index in [1.54, 1.807) is 18.2 Å². The van der Waals surface area contributed by atoms with Gasteiger partial charge < -0.3 is 5.73 Å². The van der Waals surface area contributed by atoms with E-state index in [-0.39, 0.29) is 18.2 Å². The number of nitrogens with two attached hydrogens (primary N) is 1. The van der Waals surface area contributed by atoms with Crippen molar-refractivity contribution in [2.75, 3.05) is 5.73 Å². The smallest absolute Gasteiger partial charge is 0.240 e. The molecule has 1 aliphatic rings. The second-order valence-electron chi connectivity index (χ2n) is 3.41. The Labute approximate surface area is 102 Å². The maximum Gasteiger partial charge on any atom is 0.240 e. The Kier molecular flexibility index (Phi) is 3.07. The van der Waals surface area contributed by atoms with Crippen LogP contribution in [-0.2, 0) is 9.59 Å². The van der Waals surface area contributed by atoms with Crippen molar-refractivity contribution in [3.63, 3.8) is 0 Å². The highest BCUT2D eigenvalue weighted by atomic mass is 35.5. The zero-order chi connectivity index (χ0) is 11.7. The van der Waals surface area contributed by atoms with Crippen LogP contribution < -0.4 is 11.1 Å². The third-order valence-electron chi connectivity index (χ3n) is 2.17. The number of amides is 2. The zero-order valence-electron chi connectivity index (χ0n) is 8.20. The maximum absolute atomic E-state index is 11.4. The van der Waals surface area contributed by atoms with Gasteiger partial charge in [-0.1, -0.05) is 11.6 Å². The van der Waals surface area contributed by atoms with Gasteiger partial charge in [-0.2, -0.15) is 0 Å². The first-order valence-electron chi connectivity index (χ1n) is 4.61. The van der Waals surface area contributed by atoms with E-state index in [0.717, 1.165) is 4.90 Å². The minimum atomic E-state index is -0.409. The summed E-state index contributed by atoms with van der Waals surface area (Å²) in [5.41, 5.74) is 6.31. The fraction of sp³-hybridized carbons (Fsp3) is 0.200. The van der Waals surface area contributed by atoms with Crippen LogP contribution in [0.3, 0.4) is 0 Å².